The van der Waals surface area contributed by atoms with Crippen molar-refractivity contribution in [1.29, 1.82) is 5.26 Å². The Morgan fingerprint density at radius 1 is 1.12 bits per heavy atom. The van der Waals surface area contributed by atoms with Crippen LogP contribution in [0.5, 0.6) is 11.6 Å². The fourth-order valence-corrected chi connectivity index (χ4v) is 3.75. The molecule has 0 aliphatic carbocycles. The number of nitrogens with zero attached hydrogens (tertiary/aromatic N) is 4. The van der Waals surface area contributed by atoms with Gasteiger partial charge in [0.2, 0.25) is 5.88 Å². The number of halogens is 1. The van der Waals surface area contributed by atoms with Crippen LogP contribution < -0.4 is 10.3 Å². The summed E-state index contributed by atoms with van der Waals surface area (Å²) in [6.45, 7) is 1.87. The molecule has 0 aliphatic heterocycles. The first-order valence-corrected chi connectivity index (χ1v) is 10.8. The summed E-state index contributed by atoms with van der Waals surface area (Å²) in [7, 11) is 0. The number of nitriles is 1. The Hall–Kier alpha value is -4.22. The lowest BCUT2D eigenvalue weighted by Gasteiger charge is -2.11. The van der Waals surface area contributed by atoms with E-state index >= 15 is 0 Å². The van der Waals surface area contributed by atoms with Crippen molar-refractivity contribution in [2.24, 2.45) is 0 Å². The number of benzene rings is 2. The number of aryl methyl sites for hydroxylation is 1. The molecule has 0 spiro atoms. The zero-order valence-electron chi connectivity index (χ0n) is 17.4. The monoisotopic (exact) mass is 497 g/mol. The Labute approximate surface area is 196 Å². The Bertz CT molecular complexity index is 1610. The van der Waals surface area contributed by atoms with E-state index in [1.54, 1.807) is 24.4 Å². The van der Waals surface area contributed by atoms with Crippen molar-refractivity contribution in [1.82, 2.24) is 19.4 Å². The number of nitrogens with one attached hydrogen (secondary N) is 1. The quantitative estimate of drug-likeness (QED) is 0.330. The highest BCUT2D eigenvalue weighted by Crippen LogP contribution is 2.27. The average Bonchev–Trinajstić information content (AvgIpc) is 3.25. The fourth-order valence-electron chi connectivity index (χ4n) is 3.49. The summed E-state index contributed by atoms with van der Waals surface area (Å²) in [5, 5.41) is 9.87. The van der Waals surface area contributed by atoms with Gasteiger partial charge < -0.3 is 9.72 Å². The highest BCUT2D eigenvalue weighted by Gasteiger charge is 2.17. The van der Waals surface area contributed by atoms with Crippen LogP contribution in [-0.2, 0) is 0 Å². The molecular formula is C25H16BrN5O2. The van der Waals surface area contributed by atoms with Crippen LogP contribution in [0.1, 0.15) is 17.0 Å². The number of para-hydroxylation sites is 2. The van der Waals surface area contributed by atoms with Gasteiger partial charge in [-0.2, -0.15) is 10.2 Å². The Balaban J connectivity index is 1.72. The van der Waals surface area contributed by atoms with Gasteiger partial charge in [-0.25, -0.2) is 4.98 Å². The average molecular weight is 498 g/mol. The summed E-state index contributed by atoms with van der Waals surface area (Å²) in [5.74, 6) is 0.988. The van der Waals surface area contributed by atoms with Gasteiger partial charge >= 0.3 is 0 Å². The Morgan fingerprint density at radius 3 is 2.67 bits per heavy atom. The van der Waals surface area contributed by atoms with Crippen LogP contribution in [0.15, 0.2) is 76.1 Å². The predicted octanol–water partition coefficient (Wildman–Crippen LogP) is 5.50. The predicted molar refractivity (Wildman–Crippen MR) is 130 cm³/mol. The van der Waals surface area contributed by atoms with Crippen LogP contribution >= 0.6 is 15.9 Å². The molecule has 0 amide bonds. The van der Waals surface area contributed by atoms with Crippen molar-refractivity contribution in [3.05, 3.63) is 98.6 Å². The van der Waals surface area contributed by atoms with Gasteiger partial charge in [0.25, 0.3) is 5.56 Å². The van der Waals surface area contributed by atoms with Crippen LogP contribution in [0.3, 0.4) is 0 Å². The third-order valence-electron chi connectivity index (χ3n) is 5.13. The van der Waals surface area contributed by atoms with E-state index in [4.69, 9.17) is 4.74 Å². The standard InChI is InChI=1S/C25H16BrN5O2/c1-15-5-4-12-31-23(15)30-24(33-18-10-8-17(26)9-11-18)19(25(31)32)13-16(14-27)22-28-20-6-2-3-7-21(20)29-22/h2-13H,1H3,(H,28,29). The third kappa shape index (κ3) is 3.90. The molecule has 7 nitrogen and oxygen atoms in total. The molecule has 0 aliphatic rings. The molecule has 1 N–H and O–H groups in total. The molecule has 2 aromatic carbocycles. The maximum absolute atomic E-state index is 13.5. The summed E-state index contributed by atoms with van der Waals surface area (Å²) in [5.41, 5.74) is 2.82. The minimum absolute atomic E-state index is 0.112. The zero-order valence-corrected chi connectivity index (χ0v) is 19.0. The number of hydrogen-bond donors (Lipinski definition) is 1. The lowest BCUT2D eigenvalue weighted by molar-refractivity contribution is 0.461. The van der Waals surface area contributed by atoms with Gasteiger partial charge in [0.15, 0.2) is 0 Å². The van der Waals surface area contributed by atoms with Crippen molar-refractivity contribution < 1.29 is 4.74 Å². The van der Waals surface area contributed by atoms with E-state index in [0.717, 1.165) is 21.1 Å². The zero-order chi connectivity index (χ0) is 22.9. The first-order valence-electron chi connectivity index (χ1n) is 10.1. The van der Waals surface area contributed by atoms with Gasteiger partial charge in [0, 0.05) is 10.7 Å². The first kappa shape index (κ1) is 20.7. The van der Waals surface area contributed by atoms with Crippen molar-refractivity contribution in [2.75, 3.05) is 0 Å². The molecule has 160 valence electrons. The SMILES string of the molecule is Cc1cccn2c(=O)c(C=C(C#N)c3nc4ccccc4[nH]3)c(Oc3ccc(Br)cc3)nc12. The van der Waals surface area contributed by atoms with Gasteiger partial charge in [-0.1, -0.05) is 34.1 Å². The second-order valence-electron chi connectivity index (χ2n) is 7.35. The lowest BCUT2D eigenvalue weighted by atomic mass is 10.1. The summed E-state index contributed by atoms with van der Waals surface area (Å²) in [6.07, 6.45) is 3.11. The van der Waals surface area contributed by atoms with Crippen LogP contribution in [-0.4, -0.2) is 19.4 Å². The summed E-state index contributed by atoms with van der Waals surface area (Å²) < 4.78 is 8.36. The van der Waals surface area contributed by atoms with Gasteiger partial charge in [0.1, 0.15) is 28.9 Å². The molecule has 0 radical (unpaired) electrons. The van der Waals surface area contributed by atoms with E-state index in [9.17, 15) is 10.1 Å². The summed E-state index contributed by atoms with van der Waals surface area (Å²) in [6, 6.07) is 20.5. The van der Waals surface area contributed by atoms with Crippen LogP contribution in [0.4, 0.5) is 0 Å². The van der Waals surface area contributed by atoms with Crippen molar-refractivity contribution in [2.45, 2.75) is 6.92 Å². The number of imidazole rings is 1. The third-order valence-corrected chi connectivity index (χ3v) is 5.66. The molecule has 3 aromatic heterocycles. The van der Waals surface area contributed by atoms with Crippen LogP contribution in [0.2, 0.25) is 0 Å². The minimum atomic E-state index is -0.348. The lowest BCUT2D eigenvalue weighted by Crippen LogP contribution is -2.19. The van der Waals surface area contributed by atoms with E-state index in [-0.39, 0.29) is 22.6 Å². The molecule has 8 heteroatoms. The highest BCUT2D eigenvalue weighted by atomic mass is 79.9. The molecule has 5 aromatic rings. The van der Waals surface area contributed by atoms with Gasteiger partial charge in [-0.05, 0) is 61.0 Å². The van der Waals surface area contributed by atoms with E-state index in [0.29, 0.717) is 17.2 Å². The van der Waals surface area contributed by atoms with E-state index in [1.807, 2.05) is 49.4 Å². The van der Waals surface area contributed by atoms with E-state index < -0.39 is 0 Å². The maximum Gasteiger partial charge on any atom is 0.269 e. The van der Waals surface area contributed by atoms with E-state index in [2.05, 4.69) is 37.0 Å². The summed E-state index contributed by atoms with van der Waals surface area (Å²) in [4.78, 5) is 25.7. The van der Waals surface area contributed by atoms with Crippen LogP contribution in [0.25, 0.3) is 28.3 Å². The van der Waals surface area contributed by atoms with Crippen molar-refractivity contribution >= 4 is 44.3 Å². The Morgan fingerprint density at radius 2 is 1.91 bits per heavy atom. The minimum Gasteiger partial charge on any atom is -0.438 e. The molecule has 33 heavy (non-hydrogen) atoms. The molecular weight excluding hydrogens is 482 g/mol. The maximum atomic E-state index is 13.5. The number of rotatable bonds is 4. The Kier molecular flexibility index (Phi) is 5.24. The number of ether oxygens (including phenoxy) is 1. The molecule has 5 rings (SSSR count). The molecule has 0 atom stereocenters. The van der Waals surface area contributed by atoms with Crippen LogP contribution in [0, 0.1) is 18.3 Å². The summed E-state index contributed by atoms with van der Waals surface area (Å²) >= 11 is 3.40. The first-order chi connectivity index (χ1) is 16.0. The topological polar surface area (TPSA) is 96.1 Å². The second-order valence-corrected chi connectivity index (χ2v) is 8.26. The molecule has 0 unspecified atom stereocenters. The smallest absolute Gasteiger partial charge is 0.269 e. The number of aromatic amines is 1. The number of hydrogen-bond acceptors (Lipinski definition) is 5. The number of pyridine rings is 1. The number of aromatic nitrogens is 4. The normalized spacial score (nSPS) is 11.6. The number of allylic oxidation sites excluding steroid dienone is 1. The molecule has 0 fully saturated rings. The van der Waals surface area contributed by atoms with Crippen molar-refractivity contribution in [3.63, 3.8) is 0 Å². The largest absolute Gasteiger partial charge is 0.438 e. The molecule has 0 bridgehead atoms. The van der Waals surface area contributed by atoms with Crippen molar-refractivity contribution in [3.8, 4) is 17.7 Å². The van der Waals surface area contributed by atoms with Gasteiger partial charge in [-0.3, -0.25) is 9.20 Å². The van der Waals surface area contributed by atoms with Gasteiger partial charge in [-0.15, -0.1) is 0 Å². The molecule has 3 heterocycles. The fraction of sp³-hybridized carbons (Fsp3) is 0.0400. The second kappa shape index (κ2) is 8.37. The number of H-pyrrole nitrogens is 1. The molecule has 0 saturated heterocycles. The number of fused-ring (bicyclic) bond motifs is 2. The van der Waals surface area contributed by atoms with Gasteiger partial charge in [0.05, 0.1) is 16.6 Å². The highest BCUT2D eigenvalue weighted by molar-refractivity contribution is 9.10. The molecule has 0 saturated carbocycles. The van der Waals surface area contributed by atoms with E-state index in [1.165, 1.54) is 10.5 Å².